The van der Waals surface area contributed by atoms with E-state index < -0.39 is 0 Å². The highest BCUT2D eigenvalue weighted by Gasteiger charge is 2.04. The maximum atomic E-state index is 6.60. The van der Waals surface area contributed by atoms with Crippen LogP contribution in [0.15, 0.2) is 34.6 Å². The third-order valence-corrected chi connectivity index (χ3v) is 1.82. The second kappa shape index (κ2) is 5.08. The Morgan fingerprint density at radius 3 is 2.86 bits per heavy atom. The predicted octanol–water partition coefficient (Wildman–Crippen LogP) is 1.06. The molecule has 0 heterocycles. The van der Waals surface area contributed by atoms with Crippen molar-refractivity contribution in [2.45, 2.75) is 6.54 Å². The standard InChI is InChI=1S/C9H13N5/c1-12-6-7-4-2-3-5-8(7)9(10)13-14-11/h2-5,12H,6H2,1H3,(H3,10,11,13). The minimum Gasteiger partial charge on any atom is -0.382 e. The Hall–Kier alpha value is -1.75. The van der Waals surface area contributed by atoms with Crippen molar-refractivity contribution in [3.8, 4) is 0 Å². The molecule has 0 bridgehead atoms. The summed E-state index contributed by atoms with van der Waals surface area (Å²) in [6, 6.07) is 7.62. The molecule has 4 N–H and O–H groups in total. The van der Waals surface area contributed by atoms with E-state index in [0.717, 1.165) is 11.1 Å². The number of benzene rings is 1. The topological polar surface area (TPSA) is 86.6 Å². The molecule has 0 aliphatic carbocycles. The van der Waals surface area contributed by atoms with Crippen LogP contribution in [-0.4, -0.2) is 12.9 Å². The number of nitrogens with two attached hydrogens (primary N) is 1. The molecule has 1 aromatic carbocycles. The van der Waals surface area contributed by atoms with Gasteiger partial charge in [0.05, 0.1) is 0 Å². The number of rotatable bonds is 4. The van der Waals surface area contributed by atoms with E-state index in [4.69, 9.17) is 11.3 Å². The average Bonchev–Trinajstić information content (AvgIpc) is 2.19. The van der Waals surface area contributed by atoms with E-state index in [1.807, 2.05) is 31.3 Å². The van der Waals surface area contributed by atoms with Gasteiger partial charge in [-0.1, -0.05) is 29.5 Å². The quantitative estimate of drug-likeness (QED) is 0.287. The Balaban J connectivity index is 3.06. The lowest BCUT2D eigenvalue weighted by Crippen LogP contribution is -2.17. The van der Waals surface area contributed by atoms with Crippen LogP contribution in [0.1, 0.15) is 11.1 Å². The molecule has 0 saturated heterocycles. The molecular weight excluding hydrogens is 178 g/mol. The minimum atomic E-state index is 0.269. The van der Waals surface area contributed by atoms with E-state index in [1.54, 1.807) is 0 Å². The molecule has 0 radical (unpaired) electrons. The van der Waals surface area contributed by atoms with E-state index in [9.17, 15) is 0 Å². The van der Waals surface area contributed by atoms with Crippen molar-refractivity contribution in [3.05, 3.63) is 35.4 Å². The first-order chi connectivity index (χ1) is 6.79. The first kappa shape index (κ1) is 10.3. The van der Waals surface area contributed by atoms with Crippen molar-refractivity contribution in [1.82, 2.24) is 5.32 Å². The second-order valence-corrected chi connectivity index (χ2v) is 2.77. The van der Waals surface area contributed by atoms with Crippen LogP contribution in [0.2, 0.25) is 0 Å². The number of nitrogens with zero attached hydrogens (tertiary/aromatic N) is 2. The summed E-state index contributed by atoms with van der Waals surface area (Å²) in [6.45, 7) is 0.713. The normalized spacial score (nSPS) is 11.4. The molecular formula is C9H13N5. The van der Waals surface area contributed by atoms with Crippen LogP contribution in [0, 0.1) is 5.53 Å². The van der Waals surface area contributed by atoms with Gasteiger partial charge in [0.25, 0.3) is 0 Å². The summed E-state index contributed by atoms with van der Waals surface area (Å²) >= 11 is 0. The predicted molar refractivity (Wildman–Crippen MR) is 55.1 cm³/mol. The molecule has 5 heteroatoms. The molecule has 1 aromatic rings. The molecule has 5 nitrogen and oxygen atoms in total. The molecule has 0 spiro atoms. The van der Waals surface area contributed by atoms with Gasteiger partial charge < -0.3 is 11.1 Å². The van der Waals surface area contributed by atoms with Gasteiger partial charge in [-0.15, -0.1) is 5.10 Å². The number of hydrogen-bond acceptors (Lipinski definition) is 3. The van der Waals surface area contributed by atoms with Crippen LogP contribution < -0.4 is 11.1 Å². The van der Waals surface area contributed by atoms with E-state index in [-0.39, 0.29) is 5.84 Å². The zero-order valence-corrected chi connectivity index (χ0v) is 7.99. The van der Waals surface area contributed by atoms with Crippen LogP contribution in [0.5, 0.6) is 0 Å². The molecule has 0 unspecified atom stereocenters. The van der Waals surface area contributed by atoms with Gasteiger partial charge in [-0.05, 0) is 12.6 Å². The molecule has 0 fully saturated rings. The summed E-state index contributed by atoms with van der Waals surface area (Å²) in [5.41, 5.74) is 14.1. The van der Waals surface area contributed by atoms with Crippen LogP contribution in [0.25, 0.3) is 0 Å². The van der Waals surface area contributed by atoms with Gasteiger partial charge in [0.1, 0.15) is 0 Å². The molecule has 0 amide bonds. The maximum absolute atomic E-state index is 6.60. The Labute approximate surface area is 82.5 Å². The Bertz CT molecular complexity index is 345. The highest BCUT2D eigenvalue weighted by atomic mass is 15.3. The molecule has 14 heavy (non-hydrogen) atoms. The van der Waals surface area contributed by atoms with Gasteiger partial charge in [-0.2, -0.15) is 5.53 Å². The zero-order chi connectivity index (χ0) is 10.4. The molecule has 0 aliphatic rings. The van der Waals surface area contributed by atoms with Crippen LogP contribution in [0.4, 0.5) is 0 Å². The summed E-state index contributed by atoms with van der Waals surface area (Å²) < 4.78 is 0. The lowest BCUT2D eigenvalue weighted by atomic mass is 10.1. The Morgan fingerprint density at radius 1 is 1.50 bits per heavy atom. The number of hydrogen-bond donors (Lipinski definition) is 3. The fraction of sp³-hybridized carbons (Fsp3) is 0.222. The summed E-state index contributed by atoms with van der Waals surface area (Å²) in [5.74, 6) is 0.269. The van der Waals surface area contributed by atoms with Crippen LogP contribution in [0.3, 0.4) is 0 Å². The van der Waals surface area contributed by atoms with E-state index in [1.165, 1.54) is 0 Å². The summed E-state index contributed by atoms with van der Waals surface area (Å²) in [7, 11) is 1.86. The molecule has 0 atom stereocenters. The van der Waals surface area contributed by atoms with Crippen molar-refractivity contribution in [1.29, 1.82) is 5.53 Å². The fourth-order valence-corrected chi connectivity index (χ4v) is 1.22. The Kier molecular flexibility index (Phi) is 3.75. The molecule has 0 aromatic heterocycles. The van der Waals surface area contributed by atoms with Gasteiger partial charge in [-0.3, -0.25) is 0 Å². The summed E-state index contributed by atoms with van der Waals surface area (Å²) in [5, 5.41) is 9.44. The van der Waals surface area contributed by atoms with Crippen molar-refractivity contribution in [2.75, 3.05) is 7.05 Å². The van der Waals surface area contributed by atoms with Crippen LogP contribution in [-0.2, 0) is 6.54 Å². The van der Waals surface area contributed by atoms with E-state index in [0.29, 0.717) is 6.54 Å². The van der Waals surface area contributed by atoms with E-state index in [2.05, 4.69) is 15.6 Å². The van der Waals surface area contributed by atoms with Crippen LogP contribution >= 0.6 is 0 Å². The monoisotopic (exact) mass is 191 g/mol. The first-order valence-corrected chi connectivity index (χ1v) is 4.22. The van der Waals surface area contributed by atoms with Gasteiger partial charge in [0.15, 0.2) is 5.84 Å². The lowest BCUT2D eigenvalue weighted by Gasteiger charge is -2.06. The third kappa shape index (κ3) is 2.37. The zero-order valence-electron chi connectivity index (χ0n) is 7.99. The highest BCUT2D eigenvalue weighted by Crippen LogP contribution is 2.07. The molecule has 0 aliphatic heterocycles. The van der Waals surface area contributed by atoms with Crippen molar-refractivity contribution in [3.63, 3.8) is 0 Å². The molecule has 1 rings (SSSR count). The smallest absolute Gasteiger partial charge is 0.155 e. The first-order valence-electron chi connectivity index (χ1n) is 4.22. The second-order valence-electron chi connectivity index (χ2n) is 2.77. The maximum Gasteiger partial charge on any atom is 0.155 e. The van der Waals surface area contributed by atoms with Crippen molar-refractivity contribution >= 4 is 5.84 Å². The summed E-state index contributed by atoms with van der Waals surface area (Å²) in [6.07, 6.45) is 0. The number of amidine groups is 1. The van der Waals surface area contributed by atoms with E-state index >= 15 is 0 Å². The minimum absolute atomic E-state index is 0.269. The van der Waals surface area contributed by atoms with Gasteiger partial charge in [0, 0.05) is 12.1 Å². The molecule has 74 valence electrons. The average molecular weight is 191 g/mol. The fourth-order valence-electron chi connectivity index (χ4n) is 1.22. The molecule has 0 saturated carbocycles. The third-order valence-electron chi connectivity index (χ3n) is 1.82. The lowest BCUT2D eigenvalue weighted by molar-refractivity contribution is 0.816. The van der Waals surface area contributed by atoms with Gasteiger partial charge >= 0.3 is 0 Å². The highest BCUT2D eigenvalue weighted by molar-refractivity contribution is 5.98. The van der Waals surface area contributed by atoms with Gasteiger partial charge in [-0.25, -0.2) is 0 Å². The SMILES string of the molecule is CNCc1ccccc1C(N)=NN=N. The van der Waals surface area contributed by atoms with Crippen molar-refractivity contribution in [2.24, 2.45) is 16.1 Å². The van der Waals surface area contributed by atoms with Gasteiger partial charge in [0.2, 0.25) is 0 Å². The number of nitrogens with one attached hydrogen (secondary N) is 2. The van der Waals surface area contributed by atoms with Crippen molar-refractivity contribution < 1.29 is 0 Å². The summed E-state index contributed by atoms with van der Waals surface area (Å²) in [4.78, 5) is 0. The Morgan fingerprint density at radius 2 is 2.21 bits per heavy atom. The largest absolute Gasteiger partial charge is 0.382 e.